The van der Waals surface area contributed by atoms with E-state index in [0.717, 1.165) is 19.4 Å². The van der Waals surface area contributed by atoms with Gasteiger partial charge in [0.1, 0.15) is 0 Å². The Morgan fingerprint density at radius 2 is 2.27 bits per heavy atom. The first-order valence-electron chi connectivity index (χ1n) is 8.45. The smallest absolute Gasteiger partial charge is 0.293 e. The fourth-order valence-corrected chi connectivity index (χ4v) is 3.38. The molecular formula is C17H20N4O4S. The molecule has 2 aromatic rings. The molecule has 0 unspecified atom stereocenters. The zero-order valence-electron chi connectivity index (χ0n) is 14.2. The van der Waals surface area contributed by atoms with Crippen molar-refractivity contribution in [2.24, 2.45) is 0 Å². The largest absolute Gasteiger partial charge is 0.459 e. The molecule has 3 amide bonds. The summed E-state index contributed by atoms with van der Waals surface area (Å²) in [5.41, 5.74) is 0.594. The molecule has 1 aliphatic heterocycles. The van der Waals surface area contributed by atoms with Crippen molar-refractivity contribution < 1.29 is 18.8 Å². The van der Waals surface area contributed by atoms with Crippen molar-refractivity contribution in [3.63, 3.8) is 0 Å². The molecule has 1 saturated heterocycles. The molecule has 1 aliphatic rings. The maximum Gasteiger partial charge on any atom is 0.293 e. The summed E-state index contributed by atoms with van der Waals surface area (Å²) >= 11 is 1.25. The van der Waals surface area contributed by atoms with Gasteiger partial charge in [-0.15, -0.1) is 11.3 Å². The third kappa shape index (κ3) is 4.92. The number of furan rings is 1. The number of nitrogens with one attached hydrogen (secondary N) is 2. The summed E-state index contributed by atoms with van der Waals surface area (Å²) in [4.78, 5) is 41.4. The number of likely N-dealkylation sites (tertiary alicyclic amines) is 1. The minimum atomic E-state index is -0.378. The molecule has 2 aromatic heterocycles. The molecule has 0 aliphatic carbocycles. The number of hydrogen-bond acceptors (Lipinski definition) is 6. The molecule has 0 bridgehead atoms. The summed E-state index contributed by atoms with van der Waals surface area (Å²) in [7, 11) is 0. The lowest BCUT2D eigenvalue weighted by Gasteiger charge is -2.15. The quantitative estimate of drug-likeness (QED) is 0.682. The highest BCUT2D eigenvalue weighted by molar-refractivity contribution is 7.14. The highest BCUT2D eigenvalue weighted by Gasteiger charge is 2.19. The molecule has 26 heavy (non-hydrogen) atoms. The van der Waals surface area contributed by atoms with Gasteiger partial charge in [0.2, 0.25) is 11.8 Å². The number of anilines is 1. The number of amides is 3. The molecule has 0 aromatic carbocycles. The first-order valence-corrected chi connectivity index (χ1v) is 9.33. The Bertz CT molecular complexity index is 772. The van der Waals surface area contributed by atoms with Crippen LogP contribution in [0.4, 0.5) is 5.13 Å². The summed E-state index contributed by atoms with van der Waals surface area (Å²) in [6.45, 7) is 2.02. The van der Waals surface area contributed by atoms with E-state index in [1.165, 1.54) is 17.6 Å². The maximum atomic E-state index is 12.0. The molecule has 0 spiro atoms. The van der Waals surface area contributed by atoms with E-state index in [2.05, 4.69) is 15.6 Å². The van der Waals surface area contributed by atoms with Crippen LogP contribution in [-0.2, 0) is 16.0 Å². The van der Waals surface area contributed by atoms with Gasteiger partial charge >= 0.3 is 0 Å². The van der Waals surface area contributed by atoms with Crippen molar-refractivity contribution in [2.45, 2.75) is 25.7 Å². The average Bonchev–Trinajstić information content (AvgIpc) is 3.35. The van der Waals surface area contributed by atoms with Crippen LogP contribution in [0.1, 0.15) is 35.5 Å². The van der Waals surface area contributed by atoms with Gasteiger partial charge in [-0.2, -0.15) is 0 Å². The highest BCUT2D eigenvalue weighted by Crippen LogP contribution is 2.17. The normalized spacial score (nSPS) is 13.8. The Kier molecular flexibility index (Phi) is 6.00. The molecular weight excluding hydrogens is 356 g/mol. The minimum Gasteiger partial charge on any atom is -0.459 e. The van der Waals surface area contributed by atoms with Gasteiger partial charge in [-0.1, -0.05) is 0 Å². The third-order valence-corrected chi connectivity index (χ3v) is 4.76. The molecule has 1 fully saturated rings. The van der Waals surface area contributed by atoms with Crippen molar-refractivity contribution in [1.29, 1.82) is 0 Å². The van der Waals surface area contributed by atoms with Crippen LogP contribution in [0.25, 0.3) is 0 Å². The minimum absolute atomic E-state index is 0.132. The lowest BCUT2D eigenvalue weighted by atomic mass is 10.3. The third-order valence-electron chi connectivity index (χ3n) is 3.96. The predicted octanol–water partition coefficient (Wildman–Crippen LogP) is 1.66. The van der Waals surface area contributed by atoms with Gasteiger partial charge in [0.25, 0.3) is 5.91 Å². The SMILES string of the molecule is O=C(Cc1csc(NC(=O)c2ccco2)n1)NCCCN1CCCC1=O. The van der Waals surface area contributed by atoms with Gasteiger partial charge in [-0.25, -0.2) is 4.98 Å². The van der Waals surface area contributed by atoms with Crippen LogP contribution in [0.5, 0.6) is 0 Å². The van der Waals surface area contributed by atoms with Crippen molar-refractivity contribution >= 4 is 34.2 Å². The number of rotatable bonds is 8. The summed E-state index contributed by atoms with van der Waals surface area (Å²) in [5, 5.41) is 7.61. The van der Waals surface area contributed by atoms with E-state index in [9.17, 15) is 14.4 Å². The van der Waals surface area contributed by atoms with Crippen molar-refractivity contribution in [1.82, 2.24) is 15.2 Å². The second-order valence-electron chi connectivity index (χ2n) is 5.94. The molecule has 138 valence electrons. The summed E-state index contributed by atoms with van der Waals surface area (Å²) < 4.78 is 5.01. The molecule has 9 heteroatoms. The number of hydrogen-bond donors (Lipinski definition) is 2. The summed E-state index contributed by atoms with van der Waals surface area (Å²) in [6, 6.07) is 3.19. The van der Waals surface area contributed by atoms with Gasteiger partial charge in [0.15, 0.2) is 10.9 Å². The Balaban J connectivity index is 1.37. The molecule has 0 saturated carbocycles. The van der Waals surface area contributed by atoms with E-state index in [0.29, 0.717) is 30.3 Å². The zero-order chi connectivity index (χ0) is 18.4. The molecule has 2 N–H and O–H groups in total. The zero-order valence-corrected chi connectivity index (χ0v) is 15.0. The van der Waals surface area contributed by atoms with Crippen LogP contribution in [0.15, 0.2) is 28.2 Å². The topological polar surface area (TPSA) is 105 Å². The van der Waals surface area contributed by atoms with Crippen LogP contribution < -0.4 is 10.6 Å². The van der Waals surface area contributed by atoms with E-state index < -0.39 is 0 Å². The Hall–Kier alpha value is -2.68. The molecule has 3 rings (SSSR count). The summed E-state index contributed by atoms with van der Waals surface area (Å²) in [5.74, 6) is -0.109. The number of thiazole rings is 1. The Morgan fingerprint density at radius 1 is 1.38 bits per heavy atom. The Morgan fingerprint density at radius 3 is 3.00 bits per heavy atom. The van der Waals surface area contributed by atoms with Crippen molar-refractivity contribution in [3.8, 4) is 0 Å². The lowest BCUT2D eigenvalue weighted by Crippen LogP contribution is -2.31. The highest BCUT2D eigenvalue weighted by atomic mass is 32.1. The van der Waals surface area contributed by atoms with Crippen LogP contribution in [0, 0.1) is 0 Å². The van der Waals surface area contributed by atoms with Gasteiger partial charge in [-0.3, -0.25) is 19.7 Å². The van der Waals surface area contributed by atoms with E-state index >= 15 is 0 Å². The van der Waals surface area contributed by atoms with Crippen LogP contribution in [0.2, 0.25) is 0 Å². The van der Waals surface area contributed by atoms with E-state index in [-0.39, 0.29) is 29.9 Å². The summed E-state index contributed by atoms with van der Waals surface area (Å²) in [6.07, 6.45) is 3.86. The van der Waals surface area contributed by atoms with Crippen LogP contribution in [0.3, 0.4) is 0 Å². The van der Waals surface area contributed by atoms with Crippen molar-refractivity contribution in [2.75, 3.05) is 25.0 Å². The van der Waals surface area contributed by atoms with Gasteiger partial charge in [0, 0.05) is 31.4 Å². The van der Waals surface area contributed by atoms with E-state index in [1.807, 2.05) is 4.90 Å². The maximum absolute atomic E-state index is 12.0. The number of nitrogens with zero attached hydrogens (tertiary/aromatic N) is 2. The fourth-order valence-electron chi connectivity index (χ4n) is 2.68. The van der Waals surface area contributed by atoms with Crippen LogP contribution in [-0.4, -0.2) is 47.2 Å². The van der Waals surface area contributed by atoms with E-state index in [4.69, 9.17) is 4.42 Å². The number of aromatic nitrogens is 1. The lowest BCUT2D eigenvalue weighted by molar-refractivity contribution is -0.127. The Labute approximate surface area is 154 Å². The second-order valence-corrected chi connectivity index (χ2v) is 6.80. The van der Waals surface area contributed by atoms with Gasteiger partial charge in [0.05, 0.1) is 18.4 Å². The van der Waals surface area contributed by atoms with E-state index in [1.54, 1.807) is 17.5 Å². The first kappa shape index (κ1) is 18.1. The molecule has 0 radical (unpaired) electrons. The standard InChI is InChI=1S/C17H20N4O4S/c22-14(18-6-3-8-21-7-1-5-15(21)23)10-12-11-26-17(19-12)20-16(24)13-4-2-9-25-13/h2,4,9,11H,1,3,5-8,10H2,(H,18,22)(H,19,20,24). The van der Waals surface area contributed by atoms with Crippen molar-refractivity contribution in [3.05, 3.63) is 35.2 Å². The first-order chi connectivity index (χ1) is 12.6. The number of carbonyl (C=O) groups excluding carboxylic acids is 3. The average molecular weight is 376 g/mol. The predicted molar refractivity (Wildman–Crippen MR) is 95.9 cm³/mol. The van der Waals surface area contributed by atoms with Gasteiger partial charge in [-0.05, 0) is 25.0 Å². The molecule has 0 atom stereocenters. The second kappa shape index (κ2) is 8.61. The monoisotopic (exact) mass is 376 g/mol. The van der Waals surface area contributed by atoms with Crippen LogP contribution >= 0.6 is 11.3 Å². The number of carbonyl (C=O) groups is 3. The molecule has 8 nitrogen and oxygen atoms in total. The fraction of sp³-hybridized carbons (Fsp3) is 0.412. The molecule has 3 heterocycles. The van der Waals surface area contributed by atoms with Gasteiger partial charge < -0.3 is 14.6 Å².